The Balaban J connectivity index is 1.88. The van der Waals surface area contributed by atoms with Gasteiger partial charge in [0.15, 0.2) is 0 Å². The summed E-state index contributed by atoms with van der Waals surface area (Å²) in [6.45, 7) is 8.18. The molecule has 0 N–H and O–H groups in total. The van der Waals surface area contributed by atoms with Gasteiger partial charge in [0.1, 0.15) is 11.6 Å². The summed E-state index contributed by atoms with van der Waals surface area (Å²) in [5.41, 5.74) is 1.93. The van der Waals surface area contributed by atoms with Gasteiger partial charge in [-0.05, 0) is 44.0 Å². The van der Waals surface area contributed by atoms with Crippen LogP contribution in [0.1, 0.15) is 48.4 Å². The van der Waals surface area contributed by atoms with Crippen molar-refractivity contribution in [1.82, 2.24) is 14.5 Å². The van der Waals surface area contributed by atoms with Crippen molar-refractivity contribution in [3.63, 3.8) is 0 Å². The van der Waals surface area contributed by atoms with E-state index in [1.54, 1.807) is 28.5 Å². The molecule has 0 radical (unpaired) electrons. The first-order chi connectivity index (χ1) is 14.2. The maximum Gasteiger partial charge on any atom is 0.255 e. The maximum atomic E-state index is 14.5. The lowest BCUT2D eigenvalue weighted by atomic mass is 9.83. The molecular formula is C23H22F2N4O. The lowest BCUT2D eigenvalue weighted by molar-refractivity contribution is 0.0366. The summed E-state index contributed by atoms with van der Waals surface area (Å²) in [5, 5.41) is 13.8. The molecule has 1 aliphatic heterocycles. The highest BCUT2D eigenvalue weighted by Gasteiger charge is 2.42. The van der Waals surface area contributed by atoms with E-state index in [2.05, 4.69) is 11.2 Å². The van der Waals surface area contributed by atoms with Gasteiger partial charge in [0.2, 0.25) is 0 Å². The molecule has 2 aromatic heterocycles. The number of nitrogens with zero attached hydrogens (tertiary/aromatic N) is 4. The van der Waals surface area contributed by atoms with E-state index >= 15 is 0 Å². The number of aryl methyl sites for hydroxylation is 1. The molecule has 0 unspecified atom stereocenters. The van der Waals surface area contributed by atoms with E-state index < -0.39 is 17.0 Å². The molecule has 3 heterocycles. The first-order valence-corrected chi connectivity index (χ1v) is 9.84. The largest absolute Gasteiger partial charge is 0.335 e. The van der Waals surface area contributed by atoms with Crippen LogP contribution in [0, 0.1) is 35.3 Å². The average molecular weight is 408 g/mol. The predicted octanol–water partition coefficient (Wildman–Crippen LogP) is 4.70. The van der Waals surface area contributed by atoms with Crippen LogP contribution in [0.4, 0.5) is 8.78 Å². The Morgan fingerprint density at radius 3 is 2.37 bits per heavy atom. The molecule has 1 saturated heterocycles. The number of hydrogen-bond acceptors (Lipinski definition) is 3. The Bertz CT molecular complexity index is 1200. The van der Waals surface area contributed by atoms with Crippen molar-refractivity contribution >= 4 is 11.4 Å². The Kier molecular flexibility index (Phi) is 4.61. The van der Waals surface area contributed by atoms with E-state index in [1.807, 2.05) is 20.8 Å². The second-order valence-corrected chi connectivity index (χ2v) is 8.47. The van der Waals surface area contributed by atoms with E-state index in [-0.39, 0.29) is 17.4 Å². The van der Waals surface area contributed by atoms with Gasteiger partial charge in [-0.3, -0.25) is 4.79 Å². The fourth-order valence-corrected chi connectivity index (χ4v) is 4.21. The van der Waals surface area contributed by atoms with E-state index in [0.717, 1.165) is 0 Å². The third-order valence-corrected chi connectivity index (χ3v) is 5.63. The highest BCUT2D eigenvalue weighted by molar-refractivity contribution is 5.97. The van der Waals surface area contributed by atoms with Crippen LogP contribution in [0.15, 0.2) is 30.3 Å². The van der Waals surface area contributed by atoms with Crippen LogP contribution >= 0.6 is 0 Å². The van der Waals surface area contributed by atoms with Crippen molar-refractivity contribution in [2.45, 2.75) is 33.6 Å². The highest BCUT2D eigenvalue weighted by atomic mass is 19.1. The monoisotopic (exact) mass is 408 g/mol. The number of aromatic nitrogens is 2. The minimum Gasteiger partial charge on any atom is -0.335 e. The zero-order valence-corrected chi connectivity index (χ0v) is 17.3. The van der Waals surface area contributed by atoms with Crippen molar-refractivity contribution in [3.05, 3.63) is 58.9 Å². The highest BCUT2D eigenvalue weighted by Crippen LogP contribution is 2.36. The fourth-order valence-electron chi connectivity index (χ4n) is 4.21. The van der Waals surface area contributed by atoms with Crippen molar-refractivity contribution in [2.24, 2.45) is 5.41 Å². The molecule has 3 aromatic rings. The van der Waals surface area contributed by atoms with Gasteiger partial charge in [-0.25, -0.2) is 13.3 Å². The molecule has 5 nitrogen and oxygen atoms in total. The molecule has 1 fully saturated rings. The molecule has 1 aromatic carbocycles. The Hall–Kier alpha value is -3.27. The van der Waals surface area contributed by atoms with Crippen molar-refractivity contribution in [3.8, 4) is 17.2 Å². The van der Waals surface area contributed by atoms with E-state index in [4.69, 9.17) is 0 Å². The van der Waals surface area contributed by atoms with Crippen LogP contribution in [-0.4, -0.2) is 33.5 Å². The number of amides is 1. The molecule has 0 bridgehead atoms. The third-order valence-electron chi connectivity index (χ3n) is 5.63. The molecule has 1 aliphatic rings. The van der Waals surface area contributed by atoms with E-state index in [0.29, 0.717) is 41.1 Å². The van der Waals surface area contributed by atoms with E-state index in [9.17, 15) is 18.8 Å². The number of carbonyl (C=O) groups excluding carboxylic acids is 1. The van der Waals surface area contributed by atoms with Gasteiger partial charge >= 0.3 is 0 Å². The van der Waals surface area contributed by atoms with Crippen LogP contribution in [0.3, 0.4) is 0 Å². The lowest BCUT2D eigenvalue weighted by Crippen LogP contribution is -2.56. The number of halogens is 2. The minimum absolute atomic E-state index is 0.0612. The first kappa shape index (κ1) is 20.0. The summed E-state index contributed by atoms with van der Waals surface area (Å²) in [5.74, 6) is -1.54. The third kappa shape index (κ3) is 2.95. The normalized spacial score (nSPS) is 15.3. The van der Waals surface area contributed by atoms with Crippen molar-refractivity contribution < 1.29 is 13.6 Å². The second-order valence-electron chi connectivity index (χ2n) is 8.47. The van der Waals surface area contributed by atoms with Crippen molar-refractivity contribution in [1.29, 1.82) is 5.26 Å². The molecule has 0 aliphatic carbocycles. The predicted molar refractivity (Wildman–Crippen MR) is 109 cm³/mol. The lowest BCUT2D eigenvalue weighted by Gasteiger charge is -2.43. The number of rotatable bonds is 3. The summed E-state index contributed by atoms with van der Waals surface area (Å²) in [4.78, 5) is 14.8. The summed E-state index contributed by atoms with van der Waals surface area (Å²) in [6.07, 6.45) is 0. The smallest absolute Gasteiger partial charge is 0.255 e. The van der Waals surface area contributed by atoms with Gasteiger partial charge in [-0.15, -0.1) is 0 Å². The number of carbonyl (C=O) groups is 1. The fraction of sp³-hybridized carbons (Fsp3) is 0.348. The van der Waals surface area contributed by atoms with Crippen LogP contribution in [0.2, 0.25) is 0 Å². The van der Waals surface area contributed by atoms with Crippen LogP contribution in [-0.2, 0) is 0 Å². The Morgan fingerprint density at radius 2 is 1.80 bits per heavy atom. The first-order valence-electron chi connectivity index (χ1n) is 9.84. The Labute approximate surface area is 173 Å². The molecule has 30 heavy (non-hydrogen) atoms. The number of hydrogen-bond donors (Lipinski definition) is 0. The molecule has 7 heteroatoms. The summed E-state index contributed by atoms with van der Waals surface area (Å²) in [6, 6.07) is 9.38. The van der Waals surface area contributed by atoms with Gasteiger partial charge in [0.05, 0.1) is 39.5 Å². The SMILES string of the molecule is Cc1nn2c(C(C)C)c(C(=O)N3CC(C)(C#N)C3)ccc2c1-c1c(F)cccc1F. The van der Waals surface area contributed by atoms with Gasteiger partial charge in [0.25, 0.3) is 5.91 Å². The summed E-state index contributed by atoms with van der Waals surface area (Å²) >= 11 is 0. The van der Waals surface area contributed by atoms with Crippen molar-refractivity contribution in [2.75, 3.05) is 13.1 Å². The van der Waals surface area contributed by atoms with Crippen LogP contribution < -0.4 is 0 Å². The molecule has 0 spiro atoms. The van der Waals surface area contributed by atoms with E-state index in [1.165, 1.54) is 18.2 Å². The van der Waals surface area contributed by atoms with Crippen LogP contribution in [0.5, 0.6) is 0 Å². The van der Waals surface area contributed by atoms with Gasteiger partial charge in [0, 0.05) is 18.7 Å². The average Bonchev–Trinajstić information content (AvgIpc) is 2.99. The number of fused-ring (bicyclic) bond motifs is 1. The molecule has 1 amide bonds. The van der Waals surface area contributed by atoms with Crippen LogP contribution in [0.25, 0.3) is 16.6 Å². The second kappa shape index (κ2) is 6.91. The topological polar surface area (TPSA) is 61.4 Å². The van der Waals surface area contributed by atoms with Gasteiger partial charge in [-0.1, -0.05) is 19.9 Å². The standard InChI is InChI=1S/C23H22F2N4O/c1-13(2)21-15(22(30)28-11-23(4,10-26)12-28)8-9-18-19(14(3)27-29(18)21)20-16(24)6-5-7-17(20)25/h5-9,13H,11-12H2,1-4H3. The molecule has 154 valence electrons. The summed E-state index contributed by atoms with van der Waals surface area (Å²) in [7, 11) is 0. The zero-order chi connectivity index (χ0) is 21.8. The summed E-state index contributed by atoms with van der Waals surface area (Å²) < 4.78 is 30.6. The quantitative estimate of drug-likeness (QED) is 0.631. The number of likely N-dealkylation sites (tertiary alicyclic amines) is 1. The maximum absolute atomic E-state index is 14.5. The molecular weight excluding hydrogens is 386 g/mol. The zero-order valence-electron chi connectivity index (χ0n) is 17.3. The molecule has 4 rings (SSSR count). The minimum atomic E-state index is -0.657. The number of pyridine rings is 1. The number of benzene rings is 1. The van der Waals surface area contributed by atoms with Gasteiger partial charge < -0.3 is 4.90 Å². The molecule has 0 atom stereocenters. The number of nitriles is 1. The Morgan fingerprint density at radius 1 is 1.17 bits per heavy atom. The van der Waals surface area contributed by atoms with Gasteiger partial charge in [-0.2, -0.15) is 10.4 Å². The molecule has 0 saturated carbocycles.